The molecule has 0 radical (unpaired) electrons. The number of nitrogens with zero attached hydrogens (tertiary/aromatic N) is 1. The molecule has 2 aliphatic heterocycles. The zero-order valence-electron chi connectivity index (χ0n) is 13.3. The van der Waals surface area contributed by atoms with Gasteiger partial charge in [-0.1, -0.05) is 30.3 Å². The first-order chi connectivity index (χ1) is 11.2. The molecule has 0 saturated carbocycles. The van der Waals surface area contributed by atoms with Crippen molar-refractivity contribution in [3.63, 3.8) is 0 Å². The number of aliphatic carboxylic acids is 1. The molecule has 0 spiro atoms. The lowest BCUT2D eigenvalue weighted by Crippen LogP contribution is -2.71. The molecule has 0 aromatic heterocycles. The highest BCUT2D eigenvalue weighted by Crippen LogP contribution is 2.50. The molecule has 4 atom stereocenters. The Hall–Kier alpha value is -2.06. The van der Waals surface area contributed by atoms with Crippen LogP contribution in [0.1, 0.15) is 25.5 Å². The third-order valence-electron chi connectivity index (χ3n) is 4.41. The summed E-state index contributed by atoms with van der Waals surface area (Å²) in [6.07, 6.45) is 0. The highest BCUT2D eigenvalue weighted by atomic mass is 32.2. The van der Waals surface area contributed by atoms with Crippen LogP contribution in [-0.4, -0.2) is 50.0 Å². The predicted octanol–water partition coefficient (Wildman–Crippen LogP) is 0.318. The second kappa shape index (κ2) is 5.78. The van der Waals surface area contributed by atoms with Gasteiger partial charge in [-0.3, -0.25) is 9.59 Å². The van der Waals surface area contributed by atoms with Crippen LogP contribution in [-0.2, 0) is 14.4 Å². The summed E-state index contributed by atoms with van der Waals surface area (Å²) in [4.78, 5) is 37.5. The van der Waals surface area contributed by atoms with Crippen LogP contribution in [0, 0.1) is 0 Å². The number of β-lactam (4-membered cyclic amide) rings is 1. The van der Waals surface area contributed by atoms with Crippen LogP contribution in [0.15, 0.2) is 30.3 Å². The number of thioether (sulfide) groups is 1. The van der Waals surface area contributed by atoms with Crippen LogP contribution in [0.2, 0.25) is 0 Å². The Morgan fingerprint density at radius 2 is 1.96 bits per heavy atom. The number of carboxylic acids is 1. The summed E-state index contributed by atoms with van der Waals surface area (Å²) < 4.78 is -0.618. The van der Waals surface area contributed by atoms with E-state index in [0.29, 0.717) is 5.56 Å². The minimum absolute atomic E-state index is 0.375. The molecule has 0 bridgehead atoms. The lowest BCUT2D eigenvalue weighted by atomic mass is 9.95. The minimum atomic E-state index is -1.03. The number of hydrogen-bond donors (Lipinski definition) is 3. The van der Waals surface area contributed by atoms with Crippen molar-refractivity contribution in [3.05, 3.63) is 35.9 Å². The fraction of sp³-hybridized carbons (Fsp3) is 0.438. The van der Waals surface area contributed by atoms with Crippen molar-refractivity contribution < 1.29 is 19.5 Å². The normalized spacial score (nSPS) is 28.7. The van der Waals surface area contributed by atoms with Gasteiger partial charge in [-0.25, -0.2) is 4.79 Å². The van der Waals surface area contributed by atoms with Crippen molar-refractivity contribution >= 4 is 29.5 Å². The van der Waals surface area contributed by atoms with Gasteiger partial charge in [0.05, 0.1) is 0 Å². The average Bonchev–Trinajstić information content (AvgIpc) is 2.80. The van der Waals surface area contributed by atoms with Gasteiger partial charge >= 0.3 is 5.97 Å². The number of nitrogens with one attached hydrogen (secondary N) is 1. The summed E-state index contributed by atoms with van der Waals surface area (Å²) in [6, 6.07) is 6.38. The van der Waals surface area contributed by atoms with E-state index in [0.717, 1.165) is 0 Å². The Morgan fingerprint density at radius 1 is 1.33 bits per heavy atom. The SMILES string of the molecule is CC1(C)SC2[C@H](NC(=O)C(N)c3ccccc3)C(=O)N2[C@H]1C(=O)O. The van der Waals surface area contributed by atoms with Crippen molar-refractivity contribution in [1.29, 1.82) is 0 Å². The maximum atomic E-state index is 12.3. The van der Waals surface area contributed by atoms with Gasteiger partial charge in [0.1, 0.15) is 23.5 Å². The van der Waals surface area contributed by atoms with Gasteiger partial charge in [-0.05, 0) is 19.4 Å². The second-order valence-electron chi connectivity index (χ2n) is 6.47. The first-order valence-electron chi connectivity index (χ1n) is 7.58. The molecule has 1 aromatic rings. The Balaban J connectivity index is 1.71. The van der Waals surface area contributed by atoms with Crippen LogP contribution in [0.5, 0.6) is 0 Å². The molecule has 2 aliphatic rings. The topological polar surface area (TPSA) is 113 Å². The molecule has 1 aromatic carbocycles. The number of nitrogens with two attached hydrogens (primary N) is 1. The fourth-order valence-corrected chi connectivity index (χ4v) is 4.83. The average molecular weight is 349 g/mol. The molecule has 7 nitrogen and oxygen atoms in total. The molecule has 4 N–H and O–H groups in total. The summed E-state index contributed by atoms with van der Waals surface area (Å²) >= 11 is 1.38. The van der Waals surface area contributed by atoms with Gasteiger partial charge in [0.15, 0.2) is 0 Å². The van der Waals surface area contributed by atoms with Gasteiger partial charge < -0.3 is 21.1 Å². The van der Waals surface area contributed by atoms with E-state index in [9.17, 15) is 19.5 Å². The van der Waals surface area contributed by atoms with Gasteiger partial charge in [-0.15, -0.1) is 11.8 Å². The highest BCUT2D eigenvalue weighted by Gasteiger charge is 2.64. The number of amides is 2. The molecule has 3 rings (SSSR count). The zero-order valence-corrected chi connectivity index (χ0v) is 14.1. The van der Waals surface area contributed by atoms with E-state index in [4.69, 9.17) is 5.73 Å². The first-order valence-corrected chi connectivity index (χ1v) is 8.45. The van der Waals surface area contributed by atoms with E-state index >= 15 is 0 Å². The molecule has 24 heavy (non-hydrogen) atoms. The van der Waals surface area contributed by atoms with Gasteiger partial charge in [0.25, 0.3) is 0 Å². The van der Waals surface area contributed by atoms with Gasteiger partial charge in [0, 0.05) is 4.75 Å². The van der Waals surface area contributed by atoms with Gasteiger partial charge in [-0.2, -0.15) is 0 Å². The van der Waals surface area contributed by atoms with Crippen molar-refractivity contribution in [3.8, 4) is 0 Å². The summed E-state index contributed by atoms with van der Waals surface area (Å²) in [5.74, 6) is -1.86. The maximum Gasteiger partial charge on any atom is 0.327 e. The first kappa shape index (κ1) is 16.8. The quantitative estimate of drug-likeness (QED) is 0.675. The number of carbonyl (C=O) groups excluding carboxylic acids is 2. The largest absolute Gasteiger partial charge is 0.480 e. The monoisotopic (exact) mass is 349 g/mol. The fourth-order valence-electron chi connectivity index (χ4n) is 3.20. The van der Waals surface area contributed by atoms with Gasteiger partial charge in [0.2, 0.25) is 11.8 Å². The molecule has 2 heterocycles. The van der Waals surface area contributed by atoms with Crippen molar-refractivity contribution in [2.75, 3.05) is 0 Å². The van der Waals surface area contributed by atoms with E-state index in [2.05, 4.69) is 5.32 Å². The Kier molecular flexibility index (Phi) is 4.05. The molecular formula is C16H19N3O4S. The third kappa shape index (κ3) is 2.55. The Morgan fingerprint density at radius 3 is 2.54 bits per heavy atom. The molecule has 8 heteroatoms. The number of carboxylic acid groups (broad SMARTS) is 1. The molecule has 0 aliphatic carbocycles. The highest BCUT2D eigenvalue weighted by molar-refractivity contribution is 8.01. The zero-order chi connectivity index (χ0) is 17.6. The molecule has 128 valence electrons. The molecule has 2 unspecified atom stereocenters. The number of fused-ring (bicyclic) bond motifs is 1. The van der Waals surface area contributed by atoms with E-state index in [1.807, 2.05) is 6.07 Å². The van der Waals surface area contributed by atoms with Crippen LogP contribution >= 0.6 is 11.8 Å². The number of carbonyl (C=O) groups is 3. The van der Waals surface area contributed by atoms with Crippen molar-refractivity contribution in [2.24, 2.45) is 5.73 Å². The number of hydrogen-bond acceptors (Lipinski definition) is 5. The van der Waals surface area contributed by atoms with E-state index in [1.54, 1.807) is 38.1 Å². The van der Waals surface area contributed by atoms with Crippen molar-refractivity contribution in [2.45, 2.75) is 42.1 Å². The van der Waals surface area contributed by atoms with Crippen LogP contribution in [0.25, 0.3) is 0 Å². The molecule has 2 amide bonds. The summed E-state index contributed by atoms with van der Waals surface area (Å²) in [5.41, 5.74) is 6.59. The third-order valence-corrected chi connectivity index (χ3v) is 5.99. The number of benzene rings is 1. The Labute approximate surface area is 143 Å². The van der Waals surface area contributed by atoms with Crippen LogP contribution < -0.4 is 11.1 Å². The van der Waals surface area contributed by atoms with E-state index < -0.39 is 34.7 Å². The summed E-state index contributed by atoms with van der Waals surface area (Å²) in [7, 11) is 0. The van der Waals surface area contributed by atoms with Crippen LogP contribution in [0.3, 0.4) is 0 Å². The number of rotatable bonds is 4. The lowest BCUT2D eigenvalue weighted by molar-refractivity contribution is -0.161. The second-order valence-corrected chi connectivity index (χ2v) is 8.24. The van der Waals surface area contributed by atoms with E-state index in [-0.39, 0.29) is 11.3 Å². The van der Waals surface area contributed by atoms with Crippen molar-refractivity contribution in [1.82, 2.24) is 10.2 Å². The molecule has 2 saturated heterocycles. The molecular weight excluding hydrogens is 330 g/mol. The lowest BCUT2D eigenvalue weighted by Gasteiger charge is -2.43. The minimum Gasteiger partial charge on any atom is -0.480 e. The Bertz CT molecular complexity index is 694. The molecule has 2 fully saturated rings. The summed E-state index contributed by atoms with van der Waals surface area (Å²) in [5, 5.41) is 11.7. The predicted molar refractivity (Wildman–Crippen MR) is 89.0 cm³/mol. The van der Waals surface area contributed by atoms with E-state index in [1.165, 1.54) is 16.7 Å². The standard InChI is InChI=1S/C16H19N3O4S/c1-16(2)11(15(22)23)19-13(21)10(14(19)24-16)18-12(20)9(17)8-6-4-3-5-7-8/h3-7,9-11,14H,17H2,1-2H3,(H,18,20)(H,22,23)/t9?,10-,11+,14?/m1/s1. The summed E-state index contributed by atoms with van der Waals surface area (Å²) in [6.45, 7) is 3.58. The maximum absolute atomic E-state index is 12.3. The smallest absolute Gasteiger partial charge is 0.327 e. The van der Waals surface area contributed by atoms with Crippen LogP contribution in [0.4, 0.5) is 0 Å².